The van der Waals surface area contributed by atoms with Crippen LogP contribution < -0.4 is 5.32 Å². The molecule has 0 bridgehead atoms. The fraction of sp³-hybridized carbons (Fsp3) is 0.312. The van der Waals surface area contributed by atoms with Crippen LogP contribution in [0.4, 0.5) is 0 Å². The Kier molecular flexibility index (Phi) is 5.63. The van der Waals surface area contributed by atoms with E-state index in [1.807, 2.05) is 37.3 Å². The Labute approximate surface area is 128 Å². The summed E-state index contributed by atoms with van der Waals surface area (Å²) in [7, 11) is 0. The molecule has 5 heteroatoms. The van der Waals surface area contributed by atoms with Gasteiger partial charge in [-0.3, -0.25) is 4.79 Å². The number of aldehydes is 1. The van der Waals surface area contributed by atoms with E-state index in [0.29, 0.717) is 18.5 Å². The third-order valence-electron chi connectivity index (χ3n) is 3.21. The van der Waals surface area contributed by atoms with Crippen LogP contribution in [-0.2, 0) is 11.2 Å². The largest absolute Gasteiger partial charge is 0.348 e. The molecule has 0 aliphatic heterocycles. The van der Waals surface area contributed by atoms with Crippen LogP contribution in [0.3, 0.4) is 0 Å². The molecule has 0 spiro atoms. The summed E-state index contributed by atoms with van der Waals surface area (Å²) >= 11 is 1.39. The lowest BCUT2D eigenvalue weighted by atomic mass is 9.97. The third kappa shape index (κ3) is 4.79. The minimum Gasteiger partial charge on any atom is -0.348 e. The Balaban J connectivity index is 2.04. The predicted molar refractivity (Wildman–Crippen MR) is 83.4 cm³/mol. The van der Waals surface area contributed by atoms with Gasteiger partial charge in [0.15, 0.2) is 0 Å². The van der Waals surface area contributed by atoms with Gasteiger partial charge in [0.25, 0.3) is 5.91 Å². The first kappa shape index (κ1) is 15.4. The molecule has 2 aromatic rings. The quantitative estimate of drug-likeness (QED) is 0.800. The van der Waals surface area contributed by atoms with Gasteiger partial charge in [-0.15, -0.1) is 11.3 Å². The fourth-order valence-electron chi connectivity index (χ4n) is 2.18. The minimum atomic E-state index is -0.185. The molecular formula is C16H18N2O2S. The molecule has 1 aromatic carbocycles. The van der Waals surface area contributed by atoms with E-state index in [0.717, 1.165) is 11.8 Å². The van der Waals surface area contributed by atoms with Crippen LogP contribution in [0.2, 0.25) is 0 Å². The van der Waals surface area contributed by atoms with E-state index in [1.165, 1.54) is 11.3 Å². The van der Waals surface area contributed by atoms with Crippen molar-refractivity contribution in [3.05, 3.63) is 52.5 Å². The Bertz CT molecular complexity index is 569. The number of rotatable bonds is 7. The summed E-state index contributed by atoms with van der Waals surface area (Å²) in [4.78, 5) is 27.0. The van der Waals surface area contributed by atoms with Crippen LogP contribution >= 0.6 is 11.3 Å². The third-order valence-corrected chi connectivity index (χ3v) is 3.80. The van der Waals surface area contributed by atoms with Crippen molar-refractivity contribution in [1.82, 2.24) is 10.3 Å². The van der Waals surface area contributed by atoms with Crippen LogP contribution in [0.5, 0.6) is 0 Å². The van der Waals surface area contributed by atoms with E-state index in [4.69, 9.17) is 0 Å². The number of hydrogen-bond donors (Lipinski definition) is 1. The van der Waals surface area contributed by atoms with Crippen molar-refractivity contribution in [2.24, 2.45) is 5.92 Å². The van der Waals surface area contributed by atoms with Gasteiger partial charge in [0.2, 0.25) is 0 Å². The number of carbonyl (C=O) groups is 2. The molecule has 0 radical (unpaired) electrons. The van der Waals surface area contributed by atoms with Crippen LogP contribution in [-0.4, -0.2) is 23.2 Å². The van der Waals surface area contributed by atoms with Crippen molar-refractivity contribution >= 4 is 23.5 Å². The highest BCUT2D eigenvalue weighted by molar-refractivity contribution is 7.07. The molecule has 1 heterocycles. The first-order chi connectivity index (χ1) is 10.2. The predicted octanol–water partition coefficient (Wildman–Crippen LogP) is 2.71. The van der Waals surface area contributed by atoms with E-state index >= 15 is 0 Å². The van der Waals surface area contributed by atoms with Gasteiger partial charge in [0, 0.05) is 17.3 Å². The van der Waals surface area contributed by atoms with Gasteiger partial charge < -0.3 is 10.1 Å². The lowest BCUT2D eigenvalue weighted by Crippen LogP contribution is -2.38. The van der Waals surface area contributed by atoms with E-state index in [9.17, 15) is 9.59 Å². The van der Waals surface area contributed by atoms with Crippen LogP contribution in [0.1, 0.15) is 29.4 Å². The van der Waals surface area contributed by atoms with Crippen molar-refractivity contribution in [1.29, 1.82) is 0 Å². The molecule has 21 heavy (non-hydrogen) atoms. The fourth-order valence-corrected chi connectivity index (χ4v) is 2.71. The average Bonchev–Trinajstić information content (AvgIpc) is 3.02. The summed E-state index contributed by atoms with van der Waals surface area (Å²) in [5, 5.41) is 4.70. The zero-order valence-corrected chi connectivity index (χ0v) is 12.7. The van der Waals surface area contributed by atoms with E-state index in [-0.39, 0.29) is 17.9 Å². The molecule has 1 aromatic heterocycles. The number of carbonyl (C=O) groups excluding carboxylic acids is 2. The maximum atomic E-state index is 12.1. The number of aromatic nitrogens is 1. The summed E-state index contributed by atoms with van der Waals surface area (Å²) in [5.41, 5.74) is 3.20. The van der Waals surface area contributed by atoms with Gasteiger partial charge in [-0.1, -0.05) is 37.3 Å². The molecule has 0 aliphatic carbocycles. The number of nitrogens with one attached hydrogen (secondary N) is 1. The normalized spacial score (nSPS) is 13.4. The van der Waals surface area contributed by atoms with Crippen LogP contribution in [0.15, 0.2) is 41.2 Å². The first-order valence-corrected chi connectivity index (χ1v) is 7.81. The van der Waals surface area contributed by atoms with Gasteiger partial charge in [-0.2, -0.15) is 0 Å². The Morgan fingerprint density at radius 3 is 2.76 bits per heavy atom. The minimum absolute atomic E-state index is 0.0817. The highest BCUT2D eigenvalue weighted by Crippen LogP contribution is 2.11. The number of benzene rings is 1. The summed E-state index contributed by atoms with van der Waals surface area (Å²) < 4.78 is 0. The second kappa shape index (κ2) is 7.69. The summed E-state index contributed by atoms with van der Waals surface area (Å²) in [6.07, 6.45) is 2.25. The number of amides is 1. The monoisotopic (exact) mass is 302 g/mol. The Morgan fingerprint density at radius 1 is 1.38 bits per heavy atom. The van der Waals surface area contributed by atoms with Crippen LogP contribution in [0.25, 0.3) is 0 Å². The maximum absolute atomic E-state index is 12.1. The smallest absolute Gasteiger partial charge is 0.270 e. The first-order valence-electron chi connectivity index (χ1n) is 6.87. The van der Waals surface area contributed by atoms with E-state index in [2.05, 4.69) is 10.3 Å². The molecule has 1 amide bonds. The molecule has 4 nitrogen and oxygen atoms in total. The molecule has 0 fully saturated rings. The molecule has 1 N–H and O–H groups in total. The summed E-state index contributed by atoms with van der Waals surface area (Å²) in [6.45, 7) is 1.86. The van der Waals surface area contributed by atoms with Gasteiger partial charge in [0.05, 0.1) is 5.51 Å². The van der Waals surface area contributed by atoms with Gasteiger partial charge >= 0.3 is 0 Å². The molecule has 0 saturated heterocycles. The second-order valence-corrected chi connectivity index (χ2v) is 5.80. The molecule has 2 atom stereocenters. The highest BCUT2D eigenvalue weighted by Gasteiger charge is 2.18. The van der Waals surface area contributed by atoms with Crippen molar-refractivity contribution in [3.63, 3.8) is 0 Å². The van der Waals surface area contributed by atoms with E-state index in [1.54, 1.807) is 10.9 Å². The zero-order chi connectivity index (χ0) is 15.1. The zero-order valence-electron chi connectivity index (χ0n) is 11.9. The molecule has 0 unspecified atom stereocenters. The topological polar surface area (TPSA) is 59.1 Å². The number of thiazole rings is 1. The van der Waals surface area contributed by atoms with E-state index < -0.39 is 0 Å². The number of hydrogen-bond acceptors (Lipinski definition) is 4. The van der Waals surface area contributed by atoms with Gasteiger partial charge in [-0.25, -0.2) is 4.98 Å². The maximum Gasteiger partial charge on any atom is 0.270 e. The van der Waals surface area contributed by atoms with Crippen molar-refractivity contribution in [3.8, 4) is 0 Å². The molecular weight excluding hydrogens is 284 g/mol. The molecule has 110 valence electrons. The lowest BCUT2D eigenvalue weighted by Gasteiger charge is -2.20. The van der Waals surface area contributed by atoms with Crippen molar-refractivity contribution in [2.45, 2.75) is 25.8 Å². The molecule has 2 rings (SSSR count). The Morgan fingerprint density at radius 2 is 2.14 bits per heavy atom. The highest BCUT2D eigenvalue weighted by atomic mass is 32.1. The lowest BCUT2D eigenvalue weighted by molar-refractivity contribution is -0.111. The second-order valence-electron chi connectivity index (χ2n) is 5.08. The van der Waals surface area contributed by atoms with Gasteiger partial charge in [0.1, 0.15) is 12.0 Å². The van der Waals surface area contributed by atoms with Gasteiger partial charge in [-0.05, 0) is 18.4 Å². The standard InChI is InChI=1S/C16H18N2O2S/c1-12(9-19)7-14(8-13-5-3-2-4-6-13)18-16(20)15-10-21-11-17-15/h2-6,9-12,14H,7-8H2,1H3,(H,18,20)/t12-,14+/m0/s1. The van der Waals surface area contributed by atoms with Crippen molar-refractivity contribution in [2.75, 3.05) is 0 Å². The Hall–Kier alpha value is -2.01. The summed E-state index contributed by atoms with van der Waals surface area (Å²) in [5.74, 6) is -0.273. The average molecular weight is 302 g/mol. The van der Waals surface area contributed by atoms with Crippen molar-refractivity contribution < 1.29 is 9.59 Å². The SMILES string of the molecule is C[C@H](C=O)C[C@H](Cc1ccccc1)NC(=O)c1cscn1. The molecule has 0 aliphatic rings. The van der Waals surface area contributed by atoms with Crippen LogP contribution in [0, 0.1) is 5.92 Å². The number of nitrogens with zero attached hydrogens (tertiary/aromatic N) is 1. The summed E-state index contributed by atoms with van der Waals surface area (Å²) in [6, 6.07) is 9.86. The molecule has 0 saturated carbocycles.